The molecule has 2 N–H and O–H groups in total. The van der Waals surface area contributed by atoms with Crippen molar-refractivity contribution in [1.29, 1.82) is 0 Å². The molecule has 0 unspecified atom stereocenters. The van der Waals surface area contributed by atoms with Crippen molar-refractivity contribution in [3.8, 4) is 5.75 Å². The number of aliphatic imine (C=N–C) groups is 1. The maximum absolute atomic E-state index is 12.4. The number of carbonyl (C=O) groups is 1. The zero-order chi connectivity index (χ0) is 20.4. The Hall–Kier alpha value is -2.52. The standard InChI is InChI=1S/C20H21N3O4S2/c1-27-16-4-2-3-13(9-16)10-21-19(24)14-5-7-15(8-6-14)22-20-23-17-11-29(25,26)12-18(17)28-20/h2-9,17-18H,10-12H2,1H3,(H,21,24)(H,22,23)/t17-,18+/m1/s1. The van der Waals surface area contributed by atoms with Crippen LogP contribution >= 0.6 is 11.8 Å². The van der Waals surface area contributed by atoms with Crippen LogP contribution in [0.15, 0.2) is 53.5 Å². The molecule has 2 aliphatic heterocycles. The van der Waals surface area contributed by atoms with Gasteiger partial charge in [-0.15, -0.1) is 0 Å². The van der Waals surface area contributed by atoms with Crippen LogP contribution in [0, 0.1) is 0 Å². The van der Waals surface area contributed by atoms with E-state index in [-0.39, 0.29) is 28.7 Å². The molecule has 2 aromatic rings. The number of nitrogens with zero attached hydrogens (tertiary/aromatic N) is 1. The second-order valence-electron chi connectivity index (χ2n) is 6.97. The molecule has 4 rings (SSSR count). The highest BCUT2D eigenvalue weighted by molar-refractivity contribution is 8.15. The fourth-order valence-electron chi connectivity index (χ4n) is 3.31. The number of amides is 1. The third-order valence-electron chi connectivity index (χ3n) is 4.80. The lowest BCUT2D eigenvalue weighted by Gasteiger charge is -2.09. The van der Waals surface area contributed by atoms with Gasteiger partial charge in [0.05, 0.1) is 24.7 Å². The fourth-order valence-corrected chi connectivity index (χ4v) is 6.99. The van der Waals surface area contributed by atoms with Crippen LogP contribution in [-0.4, -0.2) is 49.4 Å². The molecule has 0 spiro atoms. The van der Waals surface area contributed by atoms with Gasteiger partial charge in [0.2, 0.25) is 0 Å². The second-order valence-corrected chi connectivity index (χ2v) is 10.4. The third kappa shape index (κ3) is 4.73. The average Bonchev–Trinajstić information content (AvgIpc) is 3.19. The Morgan fingerprint density at radius 2 is 2.00 bits per heavy atom. The lowest BCUT2D eigenvalue weighted by molar-refractivity contribution is 0.0951. The topological polar surface area (TPSA) is 96.9 Å². The van der Waals surface area contributed by atoms with Gasteiger partial charge in [0.25, 0.3) is 5.91 Å². The van der Waals surface area contributed by atoms with Gasteiger partial charge in [0.15, 0.2) is 15.0 Å². The Morgan fingerprint density at radius 3 is 2.72 bits per heavy atom. The van der Waals surface area contributed by atoms with Crippen LogP contribution in [0.2, 0.25) is 0 Å². The van der Waals surface area contributed by atoms with Crippen molar-refractivity contribution in [2.45, 2.75) is 17.8 Å². The summed E-state index contributed by atoms with van der Waals surface area (Å²) in [6, 6.07) is 14.5. The normalized spacial score (nSPS) is 21.9. The summed E-state index contributed by atoms with van der Waals surface area (Å²) in [4.78, 5) is 16.8. The number of anilines is 1. The molecule has 0 aromatic heterocycles. The lowest BCUT2D eigenvalue weighted by Crippen LogP contribution is -2.22. The van der Waals surface area contributed by atoms with Gasteiger partial charge in [-0.05, 0) is 42.0 Å². The number of rotatable bonds is 5. The molecule has 0 radical (unpaired) electrons. The van der Waals surface area contributed by atoms with Gasteiger partial charge in [-0.3, -0.25) is 9.79 Å². The van der Waals surface area contributed by atoms with Crippen LogP contribution in [0.5, 0.6) is 5.75 Å². The molecule has 1 fully saturated rings. The zero-order valence-corrected chi connectivity index (χ0v) is 17.4. The minimum absolute atomic E-state index is 0.00385. The van der Waals surface area contributed by atoms with Crippen LogP contribution in [0.3, 0.4) is 0 Å². The summed E-state index contributed by atoms with van der Waals surface area (Å²) in [7, 11) is -1.35. The molecule has 2 aromatic carbocycles. The first kappa shape index (κ1) is 19.8. The minimum Gasteiger partial charge on any atom is -0.497 e. The molecule has 0 aliphatic carbocycles. The van der Waals surface area contributed by atoms with Gasteiger partial charge in [-0.2, -0.15) is 0 Å². The van der Waals surface area contributed by atoms with E-state index in [4.69, 9.17) is 4.74 Å². The Balaban J connectivity index is 1.32. The van der Waals surface area contributed by atoms with Gasteiger partial charge in [-0.1, -0.05) is 23.9 Å². The number of carbonyl (C=O) groups excluding carboxylic acids is 1. The maximum atomic E-state index is 12.4. The van der Waals surface area contributed by atoms with Crippen molar-refractivity contribution in [2.24, 2.45) is 4.99 Å². The summed E-state index contributed by atoms with van der Waals surface area (Å²) in [5.41, 5.74) is 2.32. The van der Waals surface area contributed by atoms with Crippen LogP contribution < -0.4 is 15.4 Å². The first-order valence-corrected chi connectivity index (χ1v) is 11.8. The molecule has 1 saturated heterocycles. The van der Waals surface area contributed by atoms with Crippen LogP contribution in [0.1, 0.15) is 15.9 Å². The van der Waals surface area contributed by atoms with E-state index in [1.165, 1.54) is 11.8 Å². The third-order valence-corrected chi connectivity index (χ3v) is 7.95. The van der Waals surface area contributed by atoms with E-state index in [0.717, 1.165) is 22.2 Å². The highest BCUT2D eigenvalue weighted by Gasteiger charge is 2.42. The summed E-state index contributed by atoms with van der Waals surface area (Å²) < 4.78 is 28.5. The molecule has 9 heteroatoms. The van der Waals surface area contributed by atoms with E-state index < -0.39 is 9.84 Å². The molecular formula is C20H21N3O4S2. The van der Waals surface area contributed by atoms with E-state index in [1.54, 1.807) is 19.2 Å². The van der Waals surface area contributed by atoms with Crippen molar-refractivity contribution in [1.82, 2.24) is 5.32 Å². The Labute approximate surface area is 173 Å². The molecule has 0 bridgehead atoms. The smallest absolute Gasteiger partial charge is 0.251 e. The lowest BCUT2D eigenvalue weighted by atomic mass is 10.1. The molecule has 152 valence electrons. The molecule has 0 saturated carbocycles. The van der Waals surface area contributed by atoms with Crippen LogP contribution in [-0.2, 0) is 16.4 Å². The molecular weight excluding hydrogens is 410 g/mol. The van der Waals surface area contributed by atoms with Gasteiger partial charge in [0.1, 0.15) is 5.75 Å². The average molecular weight is 432 g/mol. The molecule has 7 nitrogen and oxygen atoms in total. The van der Waals surface area contributed by atoms with Crippen molar-refractivity contribution in [3.63, 3.8) is 0 Å². The van der Waals surface area contributed by atoms with E-state index in [0.29, 0.717) is 12.1 Å². The predicted octanol–water partition coefficient (Wildman–Crippen LogP) is 2.31. The van der Waals surface area contributed by atoms with Gasteiger partial charge in [0, 0.05) is 23.0 Å². The number of ether oxygens (including phenoxy) is 1. The number of sulfone groups is 1. The summed E-state index contributed by atoms with van der Waals surface area (Å²) >= 11 is 1.47. The van der Waals surface area contributed by atoms with Gasteiger partial charge < -0.3 is 15.4 Å². The molecule has 2 atom stereocenters. The molecule has 2 aliphatic rings. The molecule has 2 heterocycles. The summed E-state index contributed by atoms with van der Waals surface area (Å²) in [5.74, 6) is 0.902. The van der Waals surface area contributed by atoms with Crippen LogP contribution in [0.25, 0.3) is 0 Å². The number of methoxy groups -OCH3 is 1. The number of nitrogens with one attached hydrogen (secondary N) is 2. The highest BCUT2D eigenvalue weighted by atomic mass is 32.2. The predicted molar refractivity (Wildman–Crippen MR) is 115 cm³/mol. The number of hydrogen-bond donors (Lipinski definition) is 2. The summed E-state index contributed by atoms with van der Waals surface area (Å²) in [6.07, 6.45) is 0. The number of benzene rings is 2. The Morgan fingerprint density at radius 1 is 1.21 bits per heavy atom. The number of thioether (sulfide) groups is 1. The zero-order valence-electron chi connectivity index (χ0n) is 15.8. The van der Waals surface area contributed by atoms with E-state index in [1.807, 2.05) is 36.4 Å². The summed E-state index contributed by atoms with van der Waals surface area (Å²) in [6.45, 7) is 0.412. The highest BCUT2D eigenvalue weighted by Crippen LogP contribution is 2.34. The first-order valence-electron chi connectivity index (χ1n) is 9.15. The van der Waals surface area contributed by atoms with E-state index in [9.17, 15) is 13.2 Å². The van der Waals surface area contributed by atoms with Crippen molar-refractivity contribution >= 4 is 38.4 Å². The first-order chi connectivity index (χ1) is 13.9. The fraction of sp³-hybridized carbons (Fsp3) is 0.300. The van der Waals surface area contributed by atoms with E-state index >= 15 is 0 Å². The van der Waals surface area contributed by atoms with Crippen molar-refractivity contribution in [3.05, 3.63) is 59.7 Å². The van der Waals surface area contributed by atoms with Gasteiger partial charge >= 0.3 is 0 Å². The Bertz CT molecular complexity index is 1050. The summed E-state index contributed by atoms with van der Waals surface area (Å²) in [5, 5.41) is 6.83. The quantitative estimate of drug-likeness (QED) is 0.754. The largest absolute Gasteiger partial charge is 0.497 e. The Kier molecular flexibility index (Phi) is 5.51. The van der Waals surface area contributed by atoms with Gasteiger partial charge in [-0.25, -0.2) is 8.42 Å². The second kappa shape index (κ2) is 8.08. The van der Waals surface area contributed by atoms with Crippen molar-refractivity contribution < 1.29 is 17.9 Å². The van der Waals surface area contributed by atoms with Crippen LogP contribution in [0.4, 0.5) is 5.69 Å². The monoisotopic (exact) mass is 431 g/mol. The minimum atomic E-state index is -2.95. The molecule has 1 amide bonds. The maximum Gasteiger partial charge on any atom is 0.251 e. The van der Waals surface area contributed by atoms with Crippen molar-refractivity contribution in [2.75, 3.05) is 23.9 Å². The number of fused-ring (bicyclic) bond motifs is 1. The SMILES string of the molecule is COc1cccc(CNC(=O)c2ccc(NC3=N[C@@H]4CS(=O)(=O)C[C@@H]4S3)cc2)c1. The molecule has 29 heavy (non-hydrogen) atoms. The van der Waals surface area contributed by atoms with E-state index in [2.05, 4.69) is 15.6 Å². The number of hydrogen-bond acceptors (Lipinski definition) is 7. The number of amidine groups is 1.